The van der Waals surface area contributed by atoms with Crippen molar-refractivity contribution < 1.29 is 13.9 Å². The summed E-state index contributed by atoms with van der Waals surface area (Å²) in [6, 6.07) is 7.90. The summed E-state index contributed by atoms with van der Waals surface area (Å²) in [7, 11) is 1.67. The number of amides is 1. The summed E-state index contributed by atoms with van der Waals surface area (Å²) in [5, 5.41) is 0. The van der Waals surface area contributed by atoms with Gasteiger partial charge >= 0.3 is 0 Å². The molecule has 7 heteroatoms. The van der Waals surface area contributed by atoms with Crippen LogP contribution in [0.25, 0.3) is 0 Å². The Labute approximate surface area is 164 Å². The van der Waals surface area contributed by atoms with E-state index in [4.69, 9.17) is 9.15 Å². The standard InChI is InChI=1S/C21H24N4O3/c1-27-19-7-3-2-5-16(19)11-18-12-23-21(28-18)17-6-4-9-25(13-17)20(26)14-24-10-8-22-15-24/h2-3,5,7-8,10,12,15,17H,4,6,9,11,13-14H2,1H3/t17-/m1/s1. The van der Waals surface area contributed by atoms with Gasteiger partial charge < -0.3 is 18.6 Å². The zero-order chi connectivity index (χ0) is 19.3. The molecule has 1 aliphatic heterocycles. The fourth-order valence-electron chi connectivity index (χ4n) is 3.67. The van der Waals surface area contributed by atoms with E-state index in [2.05, 4.69) is 9.97 Å². The Balaban J connectivity index is 1.41. The molecule has 1 amide bonds. The van der Waals surface area contributed by atoms with Crippen molar-refractivity contribution >= 4 is 5.91 Å². The van der Waals surface area contributed by atoms with Gasteiger partial charge in [-0.3, -0.25) is 4.79 Å². The van der Waals surface area contributed by atoms with Crippen molar-refractivity contribution in [3.63, 3.8) is 0 Å². The molecule has 0 aliphatic carbocycles. The van der Waals surface area contributed by atoms with Crippen molar-refractivity contribution in [2.45, 2.75) is 31.7 Å². The van der Waals surface area contributed by atoms with Gasteiger partial charge in [0, 0.05) is 37.5 Å². The highest BCUT2D eigenvalue weighted by Gasteiger charge is 2.28. The Kier molecular flexibility index (Phi) is 5.41. The second-order valence-corrected chi connectivity index (χ2v) is 7.07. The van der Waals surface area contributed by atoms with Crippen LogP contribution in [0.1, 0.15) is 36.0 Å². The number of hydrogen-bond donors (Lipinski definition) is 0. The molecule has 3 heterocycles. The number of imidazole rings is 1. The van der Waals surface area contributed by atoms with Gasteiger partial charge in [0.05, 0.1) is 25.6 Å². The summed E-state index contributed by atoms with van der Waals surface area (Å²) in [6.45, 7) is 1.73. The van der Waals surface area contributed by atoms with Gasteiger partial charge in [-0.05, 0) is 18.9 Å². The first-order valence-corrected chi connectivity index (χ1v) is 9.53. The molecule has 1 aliphatic rings. The van der Waals surface area contributed by atoms with E-state index in [1.165, 1.54) is 0 Å². The van der Waals surface area contributed by atoms with Crippen LogP contribution in [-0.4, -0.2) is 45.5 Å². The van der Waals surface area contributed by atoms with Crippen molar-refractivity contribution in [3.8, 4) is 5.75 Å². The first-order chi connectivity index (χ1) is 13.7. The van der Waals surface area contributed by atoms with Gasteiger partial charge in [0.15, 0.2) is 5.89 Å². The fourth-order valence-corrected chi connectivity index (χ4v) is 3.67. The van der Waals surface area contributed by atoms with Gasteiger partial charge in [-0.1, -0.05) is 18.2 Å². The molecular weight excluding hydrogens is 356 g/mol. The van der Waals surface area contributed by atoms with Crippen molar-refractivity contribution in [2.75, 3.05) is 20.2 Å². The summed E-state index contributed by atoms with van der Waals surface area (Å²) in [5.41, 5.74) is 1.06. The average molecular weight is 380 g/mol. The molecule has 0 bridgehead atoms. The maximum absolute atomic E-state index is 12.6. The minimum Gasteiger partial charge on any atom is -0.496 e. The van der Waals surface area contributed by atoms with Gasteiger partial charge in [0.2, 0.25) is 5.91 Å². The topological polar surface area (TPSA) is 73.4 Å². The molecule has 1 fully saturated rings. The predicted molar refractivity (Wildman–Crippen MR) is 103 cm³/mol. The Hall–Kier alpha value is -3.09. The third-order valence-corrected chi connectivity index (χ3v) is 5.13. The molecule has 1 atom stereocenters. The molecule has 3 aromatic rings. The van der Waals surface area contributed by atoms with Crippen LogP contribution in [0.5, 0.6) is 5.75 Å². The molecule has 146 valence electrons. The van der Waals surface area contributed by atoms with Crippen LogP contribution in [-0.2, 0) is 17.8 Å². The van der Waals surface area contributed by atoms with Crippen LogP contribution in [0.4, 0.5) is 0 Å². The van der Waals surface area contributed by atoms with Crippen LogP contribution < -0.4 is 4.74 Å². The first kappa shape index (κ1) is 18.3. The molecule has 0 N–H and O–H groups in total. The fraction of sp³-hybridized carbons (Fsp3) is 0.381. The number of nitrogens with zero attached hydrogens (tertiary/aromatic N) is 4. The number of benzene rings is 1. The van der Waals surface area contributed by atoms with Gasteiger partial charge in [-0.2, -0.15) is 0 Å². The Morgan fingerprint density at radius 1 is 1.36 bits per heavy atom. The highest BCUT2D eigenvalue weighted by atomic mass is 16.5. The number of rotatable bonds is 6. The number of carbonyl (C=O) groups is 1. The number of ether oxygens (including phenoxy) is 1. The van der Waals surface area contributed by atoms with E-state index in [0.29, 0.717) is 25.4 Å². The number of likely N-dealkylation sites (tertiary alicyclic amines) is 1. The van der Waals surface area contributed by atoms with Crippen LogP contribution in [0.15, 0.2) is 53.6 Å². The predicted octanol–water partition coefficient (Wildman–Crippen LogP) is 2.88. The van der Waals surface area contributed by atoms with E-state index in [-0.39, 0.29) is 11.8 Å². The summed E-state index contributed by atoms with van der Waals surface area (Å²) < 4.78 is 13.2. The summed E-state index contributed by atoms with van der Waals surface area (Å²) in [6.07, 6.45) is 9.49. The zero-order valence-electron chi connectivity index (χ0n) is 16.0. The number of piperidine rings is 1. The molecule has 4 rings (SSSR count). The molecule has 7 nitrogen and oxygen atoms in total. The minimum absolute atomic E-state index is 0.100. The Bertz CT molecular complexity index is 919. The quantitative estimate of drug-likeness (QED) is 0.657. The van der Waals surface area contributed by atoms with E-state index in [1.54, 1.807) is 36.6 Å². The largest absolute Gasteiger partial charge is 0.496 e. The van der Waals surface area contributed by atoms with Gasteiger partial charge in [0.25, 0.3) is 0 Å². The van der Waals surface area contributed by atoms with Crippen LogP contribution in [0, 0.1) is 0 Å². The number of carbonyl (C=O) groups excluding carboxylic acids is 1. The van der Waals surface area contributed by atoms with Gasteiger partial charge in [-0.25, -0.2) is 9.97 Å². The monoisotopic (exact) mass is 380 g/mol. The summed E-state index contributed by atoms with van der Waals surface area (Å²) in [5.74, 6) is 2.59. The maximum atomic E-state index is 12.6. The normalized spacial score (nSPS) is 16.9. The minimum atomic E-state index is 0.100. The molecular formula is C21H24N4O3. The Morgan fingerprint density at radius 3 is 3.07 bits per heavy atom. The second-order valence-electron chi connectivity index (χ2n) is 7.07. The molecule has 0 unspecified atom stereocenters. The van der Waals surface area contributed by atoms with E-state index >= 15 is 0 Å². The molecule has 0 saturated carbocycles. The smallest absolute Gasteiger partial charge is 0.242 e. The lowest BCUT2D eigenvalue weighted by molar-refractivity contribution is -0.133. The van der Waals surface area contributed by atoms with E-state index < -0.39 is 0 Å². The lowest BCUT2D eigenvalue weighted by Gasteiger charge is -2.31. The molecule has 1 aromatic carbocycles. The van der Waals surface area contributed by atoms with Gasteiger partial charge in [-0.15, -0.1) is 0 Å². The third-order valence-electron chi connectivity index (χ3n) is 5.13. The number of oxazole rings is 1. The van der Waals surface area contributed by atoms with Crippen molar-refractivity contribution in [1.29, 1.82) is 0 Å². The lowest BCUT2D eigenvalue weighted by Crippen LogP contribution is -2.40. The summed E-state index contributed by atoms with van der Waals surface area (Å²) in [4.78, 5) is 23.0. The molecule has 28 heavy (non-hydrogen) atoms. The van der Waals surface area contributed by atoms with Crippen molar-refractivity contribution in [1.82, 2.24) is 19.4 Å². The van der Waals surface area contributed by atoms with Crippen LogP contribution in [0.3, 0.4) is 0 Å². The zero-order valence-corrected chi connectivity index (χ0v) is 16.0. The lowest BCUT2D eigenvalue weighted by atomic mass is 9.98. The third kappa shape index (κ3) is 4.08. The number of aromatic nitrogens is 3. The number of para-hydroxylation sites is 1. The van der Waals surface area contributed by atoms with Gasteiger partial charge in [0.1, 0.15) is 18.1 Å². The van der Waals surface area contributed by atoms with E-state index in [9.17, 15) is 4.79 Å². The maximum Gasteiger partial charge on any atom is 0.242 e. The molecule has 1 saturated heterocycles. The van der Waals surface area contributed by atoms with E-state index in [0.717, 1.165) is 36.5 Å². The highest BCUT2D eigenvalue weighted by molar-refractivity contribution is 5.76. The summed E-state index contributed by atoms with van der Waals surface area (Å²) >= 11 is 0. The first-order valence-electron chi connectivity index (χ1n) is 9.53. The molecule has 0 radical (unpaired) electrons. The van der Waals surface area contributed by atoms with Crippen LogP contribution >= 0.6 is 0 Å². The van der Waals surface area contributed by atoms with Crippen molar-refractivity contribution in [3.05, 3.63) is 66.4 Å². The molecule has 0 spiro atoms. The second kappa shape index (κ2) is 8.29. The number of methoxy groups -OCH3 is 1. The Morgan fingerprint density at radius 2 is 2.25 bits per heavy atom. The highest BCUT2D eigenvalue weighted by Crippen LogP contribution is 2.28. The van der Waals surface area contributed by atoms with E-state index in [1.807, 2.05) is 29.2 Å². The van der Waals surface area contributed by atoms with Crippen LogP contribution in [0.2, 0.25) is 0 Å². The SMILES string of the molecule is COc1ccccc1Cc1cnc([C@@H]2CCCN(C(=O)Cn3ccnc3)C2)o1. The number of hydrogen-bond acceptors (Lipinski definition) is 5. The molecule has 2 aromatic heterocycles. The van der Waals surface area contributed by atoms with Crippen molar-refractivity contribution in [2.24, 2.45) is 0 Å². The average Bonchev–Trinajstić information content (AvgIpc) is 3.41.